The molecular weight excluding hydrogens is 563 g/mol. The van der Waals surface area contributed by atoms with Gasteiger partial charge in [0.1, 0.15) is 11.6 Å². The molecule has 9 nitrogen and oxygen atoms in total. The highest BCUT2D eigenvalue weighted by molar-refractivity contribution is 7.17. The maximum absolute atomic E-state index is 15.5. The molecule has 1 aromatic carbocycles. The molecule has 5 heterocycles. The fourth-order valence-electron chi connectivity index (χ4n) is 8.56. The average molecular weight is 603 g/mol. The summed E-state index contributed by atoms with van der Waals surface area (Å²) < 4.78 is 16.4. The van der Waals surface area contributed by atoms with Gasteiger partial charge in [0.25, 0.3) is 0 Å². The Morgan fingerprint density at radius 2 is 1.77 bits per heavy atom. The van der Waals surface area contributed by atoms with Crippen molar-refractivity contribution in [2.24, 2.45) is 23.5 Å². The number of rotatable bonds is 7. The summed E-state index contributed by atoms with van der Waals surface area (Å²) in [6.07, 6.45) is 10.4. The molecule has 5 aliphatic rings. The number of allylic oxidation sites excluding steroid dienone is 1. The Labute approximate surface area is 255 Å². The smallest absolute Gasteiger partial charge is 0.229 e. The van der Waals surface area contributed by atoms with Gasteiger partial charge in [0, 0.05) is 56.0 Å². The zero-order valence-corrected chi connectivity index (χ0v) is 25.3. The fraction of sp³-hybridized carbons (Fsp3) is 0.531. The second kappa shape index (κ2) is 10.7. The van der Waals surface area contributed by atoms with Crippen molar-refractivity contribution in [2.75, 3.05) is 48.8 Å². The van der Waals surface area contributed by atoms with E-state index in [1.54, 1.807) is 11.3 Å². The van der Waals surface area contributed by atoms with Crippen LogP contribution in [-0.2, 0) is 4.79 Å². The van der Waals surface area contributed by atoms with Crippen LogP contribution in [-0.4, -0.2) is 83.1 Å². The molecule has 4 bridgehead atoms. The van der Waals surface area contributed by atoms with Gasteiger partial charge in [0.05, 0.1) is 21.8 Å². The number of piperazine rings is 1. The van der Waals surface area contributed by atoms with Crippen molar-refractivity contribution in [2.45, 2.75) is 56.3 Å². The summed E-state index contributed by atoms with van der Waals surface area (Å²) in [5.41, 5.74) is 7.83. The Balaban J connectivity index is 0.952. The standard InChI is InChI=1S/C32H39FN8OS/c1-39-21-5-6-22(39)17-23(16-21)40-9-11-41(12-10-40)26-7-4-20(15-24(26)33)35-32-36-25-8-13-43-29(25)31(38-32)37-28-19-3-2-18(14-19)27(28)30(34)42/h2-4,7-8,13,15,18-19,21-23,27-28H,5-6,9-12,14,16-17H2,1H3,(H2,34,42)(H2,35,36,37,38). The number of nitrogens with zero attached hydrogens (tertiary/aromatic N) is 5. The zero-order chi connectivity index (χ0) is 29.2. The van der Waals surface area contributed by atoms with Crippen LogP contribution in [0.1, 0.15) is 32.1 Å². The van der Waals surface area contributed by atoms with E-state index in [-0.39, 0.29) is 35.5 Å². The molecule has 1 amide bonds. The van der Waals surface area contributed by atoms with Crippen LogP contribution >= 0.6 is 11.3 Å². The lowest BCUT2D eigenvalue weighted by molar-refractivity contribution is -0.122. The number of hydrogen-bond donors (Lipinski definition) is 3. The third kappa shape index (κ3) is 4.85. The lowest BCUT2D eigenvalue weighted by Crippen LogP contribution is -2.55. The van der Waals surface area contributed by atoms with E-state index >= 15 is 4.39 Å². The average Bonchev–Trinajstić information content (AvgIpc) is 3.77. The Kier molecular flexibility index (Phi) is 6.80. The summed E-state index contributed by atoms with van der Waals surface area (Å²) in [6, 6.07) is 9.28. The van der Waals surface area contributed by atoms with E-state index in [0.717, 1.165) is 54.9 Å². The van der Waals surface area contributed by atoms with Crippen molar-refractivity contribution in [3.8, 4) is 0 Å². The van der Waals surface area contributed by atoms with Crippen LogP contribution in [0.25, 0.3) is 10.2 Å². The van der Waals surface area contributed by atoms with Crippen LogP contribution in [0.5, 0.6) is 0 Å². The number of carbonyl (C=O) groups is 1. The third-order valence-electron chi connectivity index (χ3n) is 10.8. The Bertz CT molecular complexity index is 1560. The molecule has 43 heavy (non-hydrogen) atoms. The number of thiophene rings is 1. The Morgan fingerprint density at radius 3 is 2.51 bits per heavy atom. The molecule has 4 fully saturated rings. The minimum Gasteiger partial charge on any atom is -0.369 e. The number of carbonyl (C=O) groups excluding carboxylic acids is 1. The molecule has 1 saturated carbocycles. The molecule has 2 aromatic heterocycles. The molecule has 8 rings (SSSR count). The summed E-state index contributed by atoms with van der Waals surface area (Å²) >= 11 is 1.55. The molecule has 0 radical (unpaired) electrons. The Morgan fingerprint density at radius 1 is 1.00 bits per heavy atom. The molecular formula is C32H39FN8OS. The maximum atomic E-state index is 15.5. The van der Waals surface area contributed by atoms with E-state index in [0.29, 0.717) is 29.2 Å². The van der Waals surface area contributed by atoms with Crippen molar-refractivity contribution < 1.29 is 9.18 Å². The number of aromatic nitrogens is 2. The van der Waals surface area contributed by atoms with Crippen molar-refractivity contribution in [1.82, 2.24) is 19.8 Å². The van der Waals surface area contributed by atoms with E-state index in [1.807, 2.05) is 23.6 Å². The highest BCUT2D eigenvalue weighted by atomic mass is 32.1. The van der Waals surface area contributed by atoms with Crippen LogP contribution in [0, 0.1) is 23.6 Å². The lowest BCUT2D eigenvalue weighted by Gasteiger charge is -2.45. The van der Waals surface area contributed by atoms with Crippen molar-refractivity contribution in [1.29, 1.82) is 0 Å². The monoisotopic (exact) mass is 602 g/mol. The quantitative estimate of drug-likeness (QED) is 0.342. The molecule has 4 N–H and O–H groups in total. The van der Waals surface area contributed by atoms with Crippen molar-refractivity contribution in [3.05, 3.63) is 47.6 Å². The second-order valence-electron chi connectivity index (χ2n) is 13.1. The summed E-state index contributed by atoms with van der Waals surface area (Å²) in [7, 11) is 2.29. The number of halogens is 1. The van der Waals surface area contributed by atoms with Gasteiger partial charge in [-0.2, -0.15) is 4.98 Å². The summed E-state index contributed by atoms with van der Waals surface area (Å²) in [5.74, 6) is 0.680. The van der Waals surface area contributed by atoms with Gasteiger partial charge in [-0.05, 0) is 80.6 Å². The number of hydrogen-bond acceptors (Lipinski definition) is 9. The van der Waals surface area contributed by atoms with E-state index in [2.05, 4.69) is 49.5 Å². The number of primary amides is 1. The number of nitrogens with two attached hydrogens (primary N) is 1. The predicted octanol–water partition coefficient (Wildman–Crippen LogP) is 4.41. The largest absolute Gasteiger partial charge is 0.369 e. The number of nitrogens with one attached hydrogen (secondary N) is 2. The second-order valence-corrected chi connectivity index (χ2v) is 14.0. The first-order valence-corrected chi connectivity index (χ1v) is 16.6. The minimum absolute atomic E-state index is 0.104. The number of anilines is 4. The highest BCUT2D eigenvalue weighted by Crippen LogP contribution is 2.45. The normalized spacial score (nSPS) is 32.1. The molecule has 0 spiro atoms. The van der Waals surface area contributed by atoms with Gasteiger partial charge in [-0.15, -0.1) is 11.3 Å². The van der Waals surface area contributed by atoms with E-state index in [9.17, 15) is 4.79 Å². The molecule has 11 heteroatoms. The third-order valence-corrected chi connectivity index (χ3v) is 11.8. The van der Waals surface area contributed by atoms with Gasteiger partial charge >= 0.3 is 0 Å². The highest BCUT2D eigenvalue weighted by Gasteiger charge is 2.48. The summed E-state index contributed by atoms with van der Waals surface area (Å²) in [4.78, 5) is 29.2. The fourth-order valence-corrected chi connectivity index (χ4v) is 9.34. The zero-order valence-electron chi connectivity index (χ0n) is 24.5. The molecule has 3 saturated heterocycles. The number of benzene rings is 1. The van der Waals surface area contributed by atoms with Gasteiger partial charge in [-0.25, -0.2) is 9.37 Å². The van der Waals surface area contributed by atoms with Crippen LogP contribution in [0.15, 0.2) is 41.8 Å². The molecule has 226 valence electrons. The van der Waals surface area contributed by atoms with Gasteiger partial charge in [-0.1, -0.05) is 12.2 Å². The first kappa shape index (κ1) is 27.3. The summed E-state index contributed by atoms with van der Waals surface area (Å²) in [5, 5.41) is 8.74. The van der Waals surface area contributed by atoms with Crippen LogP contribution in [0.3, 0.4) is 0 Å². The molecule has 3 aromatic rings. The van der Waals surface area contributed by atoms with E-state index in [4.69, 9.17) is 10.7 Å². The van der Waals surface area contributed by atoms with Crippen LogP contribution in [0.4, 0.5) is 27.5 Å². The maximum Gasteiger partial charge on any atom is 0.229 e. The molecule has 6 unspecified atom stereocenters. The number of piperidine rings is 1. The first-order valence-electron chi connectivity index (χ1n) is 15.7. The molecule has 2 aliphatic carbocycles. The van der Waals surface area contributed by atoms with Gasteiger partial charge < -0.3 is 26.2 Å². The molecule has 6 atom stereocenters. The first-order chi connectivity index (χ1) is 20.9. The predicted molar refractivity (Wildman–Crippen MR) is 169 cm³/mol. The SMILES string of the molecule is CN1C2CCC1CC(N1CCN(c3ccc(Nc4nc(NC5C6C=CC(C6)C5C(N)=O)c5sccc5n4)cc3F)CC1)C2. The van der Waals surface area contributed by atoms with Crippen molar-refractivity contribution >= 4 is 50.6 Å². The Hall–Kier alpha value is -3.28. The minimum atomic E-state index is -0.283. The van der Waals surface area contributed by atoms with Crippen LogP contribution in [0.2, 0.25) is 0 Å². The van der Waals surface area contributed by atoms with E-state index < -0.39 is 0 Å². The number of fused-ring (bicyclic) bond motifs is 5. The van der Waals surface area contributed by atoms with Gasteiger partial charge in [-0.3, -0.25) is 9.69 Å². The van der Waals surface area contributed by atoms with Crippen molar-refractivity contribution in [3.63, 3.8) is 0 Å². The van der Waals surface area contributed by atoms with Gasteiger partial charge in [0.2, 0.25) is 11.9 Å². The summed E-state index contributed by atoms with van der Waals surface area (Å²) in [6.45, 7) is 3.63. The van der Waals surface area contributed by atoms with Gasteiger partial charge in [0.15, 0.2) is 0 Å². The topological polar surface area (TPSA) is 103 Å². The van der Waals surface area contributed by atoms with Crippen LogP contribution < -0.4 is 21.3 Å². The lowest BCUT2D eigenvalue weighted by atomic mass is 9.88. The van der Waals surface area contributed by atoms with E-state index in [1.165, 1.54) is 31.7 Å². The number of amides is 1. The molecule has 3 aliphatic heterocycles.